The van der Waals surface area contributed by atoms with E-state index >= 15 is 0 Å². The zero-order valence-corrected chi connectivity index (χ0v) is 13.2. The molecule has 1 unspecified atom stereocenters. The van der Waals surface area contributed by atoms with Gasteiger partial charge in [0, 0.05) is 17.5 Å². The van der Waals surface area contributed by atoms with Crippen LogP contribution in [0.1, 0.15) is 27.2 Å². The van der Waals surface area contributed by atoms with Crippen LogP contribution in [0.4, 0.5) is 10.1 Å². The maximum atomic E-state index is 13.7. The lowest BCUT2D eigenvalue weighted by Crippen LogP contribution is -2.30. The molecule has 1 N–H and O–H groups in total. The van der Waals surface area contributed by atoms with Crippen LogP contribution in [-0.4, -0.2) is 24.1 Å². The summed E-state index contributed by atoms with van der Waals surface area (Å²) in [6.45, 7) is 6.59. The van der Waals surface area contributed by atoms with Crippen LogP contribution in [-0.2, 0) is 0 Å². The van der Waals surface area contributed by atoms with Gasteiger partial charge in [0.25, 0.3) is 0 Å². The van der Waals surface area contributed by atoms with Crippen molar-refractivity contribution in [2.75, 3.05) is 18.2 Å². The van der Waals surface area contributed by atoms with Crippen molar-refractivity contribution in [3.8, 4) is 5.75 Å². The first kappa shape index (κ1) is 15.2. The van der Waals surface area contributed by atoms with E-state index < -0.39 is 0 Å². The van der Waals surface area contributed by atoms with Crippen LogP contribution in [0.2, 0.25) is 0 Å². The van der Waals surface area contributed by atoms with E-state index in [9.17, 15) is 4.39 Å². The number of methoxy groups -OCH3 is 1. The van der Waals surface area contributed by atoms with E-state index in [2.05, 4.69) is 26.1 Å². The molecular formula is C15H21FN2OS. The standard InChI is InChI=1S/C15H21FN2OS/c1-15(2,3)13-7-8-20-14(18-13)17-10-5-6-12(19-4)11(16)9-10/h5-6,9,13H,7-8H2,1-4H3,(H,17,18). The second-order valence-corrected chi connectivity index (χ2v) is 7.01. The number of nitrogens with zero attached hydrogens (tertiary/aromatic N) is 1. The number of ether oxygens (including phenoxy) is 1. The summed E-state index contributed by atoms with van der Waals surface area (Å²) >= 11 is 1.68. The molecule has 1 aliphatic rings. The summed E-state index contributed by atoms with van der Waals surface area (Å²) < 4.78 is 18.6. The van der Waals surface area contributed by atoms with Gasteiger partial charge in [0.15, 0.2) is 16.7 Å². The fourth-order valence-electron chi connectivity index (χ4n) is 2.07. The number of halogens is 1. The number of benzene rings is 1. The quantitative estimate of drug-likeness (QED) is 0.890. The highest BCUT2D eigenvalue weighted by atomic mass is 32.2. The van der Waals surface area contributed by atoms with Crippen LogP contribution in [0.25, 0.3) is 0 Å². The molecule has 0 aromatic heterocycles. The first-order valence-electron chi connectivity index (χ1n) is 6.71. The minimum Gasteiger partial charge on any atom is -0.494 e. The lowest BCUT2D eigenvalue weighted by Gasteiger charge is -2.31. The summed E-state index contributed by atoms with van der Waals surface area (Å²) in [4.78, 5) is 4.74. The molecule has 1 aromatic carbocycles. The normalized spacial score (nSPS) is 19.4. The number of amidine groups is 1. The summed E-state index contributed by atoms with van der Waals surface area (Å²) in [5, 5.41) is 4.05. The number of nitrogens with one attached hydrogen (secondary N) is 1. The molecule has 1 aliphatic heterocycles. The van der Waals surface area contributed by atoms with Crippen LogP contribution in [0.15, 0.2) is 23.2 Å². The summed E-state index contributed by atoms with van der Waals surface area (Å²) in [7, 11) is 1.46. The second kappa shape index (κ2) is 6.04. The van der Waals surface area contributed by atoms with E-state index in [-0.39, 0.29) is 17.0 Å². The van der Waals surface area contributed by atoms with Gasteiger partial charge in [0.05, 0.1) is 13.2 Å². The van der Waals surface area contributed by atoms with Gasteiger partial charge < -0.3 is 10.1 Å². The molecule has 0 bridgehead atoms. The van der Waals surface area contributed by atoms with Gasteiger partial charge in [-0.3, -0.25) is 4.99 Å². The van der Waals surface area contributed by atoms with Crippen molar-refractivity contribution in [1.82, 2.24) is 0 Å². The molecule has 0 saturated carbocycles. The summed E-state index contributed by atoms with van der Waals surface area (Å²) in [5.41, 5.74) is 0.850. The molecule has 0 amide bonds. The lowest BCUT2D eigenvalue weighted by atomic mass is 9.85. The Morgan fingerprint density at radius 2 is 2.15 bits per heavy atom. The number of hydrogen-bond acceptors (Lipinski definition) is 4. The van der Waals surface area contributed by atoms with Gasteiger partial charge in [-0.05, 0) is 24.0 Å². The number of hydrogen-bond donors (Lipinski definition) is 1. The highest BCUT2D eigenvalue weighted by molar-refractivity contribution is 8.14. The molecule has 1 aromatic rings. The van der Waals surface area contributed by atoms with E-state index in [4.69, 9.17) is 9.73 Å². The third-order valence-corrected chi connectivity index (χ3v) is 4.23. The van der Waals surface area contributed by atoms with E-state index in [1.54, 1.807) is 23.9 Å². The van der Waals surface area contributed by atoms with Crippen molar-refractivity contribution in [3.63, 3.8) is 0 Å². The molecule has 3 nitrogen and oxygen atoms in total. The fourth-order valence-corrected chi connectivity index (χ4v) is 3.00. The SMILES string of the molecule is COc1ccc(NC2=NC(C(C)(C)C)CCS2)cc1F. The molecule has 20 heavy (non-hydrogen) atoms. The Morgan fingerprint density at radius 3 is 2.75 bits per heavy atom. The molecule has 2 rings (SSSR count). The van der Waals surface area contributed by atoms with Crippen molar-refractivity contribution in [3.05, 3.63) is 24.0 Å². The third-order valence-electron chi connectivity index (χ3n) is 3.31. The predicted octanol–water partition coefficient (Wildman–Crippen LogP) is 4.15. The largest absolute Gasteiger partial charge is 0.494 e. The molecule has 5 heteroatoms. The molecule has 110 valence electrons. The molecule has 0 radical (unpaired) electrons. The predicted molar refractivity (Wildman–Crippen MR) is 84.3 cm³/mol. The van der Waals surface area contributed by atoms with Crippen LogP contribution < -0.4 is 10.1 Å². The molecular weight excluding hydrogens is 275 g/mol. The van der Waals surface area contributed by atoms with Crippen molar-refractivity contribution in [2.24, 2.45) is 10.4 Å². The smallest absolute Gasteiger partial charge is 0.167 e. The van der Waals surface area contributed by atoms with Crippen molar-refractivity contribution >= 4 is 22.6 Å². The molecule has 0 fully saturated rings. The zero-order chi connectivity index (χ0) is 14.8. The van der Waals surface area contributed by atoms with E-state index in [0.717, 1.165) is 17.3 Å². The van der Waals surface area contributed by atoms with E-state index in [1.807, 2.05) is 0 Å². The first-order valence-corrected chi connectivity index (χ1v) is 7.70. The lowest BCUT2D eigenvalue weighted by molar-refractivity contribution is 0.316. The topological polar surface area (TPSA) is 33.6 Å². The van der Waals surface area contributed by atoms with Crippen LogP contribution in [0, 0.1) is 11.2 Å². The summed E-state index contributed by atoms with van der Waals surface area (Å²) in [6, 6.07) is 5.15. The average molecular weight is 296 g/mol. The van der Waals surface area contributed by atoms with Crippen molar-refractivity contribution in [2.45, 2.75) is 33.2 Å². The molecule has 0 saturated heterocycles. The number of aliphatic imine (C=N–C) groups is 1. The Morgan fingerprint density at radius 1 is 1.40 bits per heavy atom. The Hall–Kier alpha value is -1.23. The molecule has 1 heterocycles. The number of anilines is 1. The molecule has 0 spiro atoms. The average Bonchev–Trinajstić information content (AvgIpc) is 2.38. The monoisotopic (exact) mass is 296 g/mol. The van der Waals surface area contributed by atoms with Gasteiger partial charge in [0.1, 0.15) is 0 Å². The maximum Gasteiger partial charge on any atom is 0.167 e. The van der Waals surface area contributed by atoms with Crippen LogP contribution in [0.5, 0.6) is 5.75 Å². The summed E-state index contributed by atoms with van der Waals surface area (Å²) in [6.07, 6.45) is 1.08. The summed E-state index contributed by atoms with van der Waals surface area (Å²) in [5.74, 6) is 0.916. The highest BCUT2D eigenvalue weighted by Crippen LogP contribution is 2.31. The number of thioether (sulfide) groups is 1. The van der Waals surface area contributed by atoms with Gasteiger partial charge in [-0.1, -0.05) is 32.5 Å². The Kier molecular flexibility index (Phi) is 4.58. The van der Waals surface area contributed by atoms with Crippen LogP contribution >= 0.6 is 11.8 Å². The van der Waals surface area contributed by atoms with Crippen LogP contribution in [0.3, 0.4) is 0 Å². The van der Waals surface area contributed by atoms with Gasteiger partial charge in [0.2, 0.25) is 0 Å². The minimum absolute atomic E-state index is 0.152. The van der Waals surface area contributed by atoms with E-state index in [1.165, 1.54) is 13.2 Å². The Labute approximate surface area is 124 Å². The van der Waals surface area contributed by atoms with Gasteiger partial charge >= 0.3 is 0 Å². The zero-order valence-electron chi connectivity index (χ0n) is 12.4. The number of rotatable bonds is 2. The second-order valence-electron chi connectivity index (χ2n) is 5.93. The first-order chi connectivity index (χ1) is 9.40. The fraction of sp³-hybridized carbons (Fsp3) is 0.533. The van der Waals surface area contributed by atoms with Crippen molar-refractivity contribution < 1.29 is 9.13 Å². The minimum atomic E-state index is -0.369. The van der Waals surface area contributed by atoms with Gasteiger partial charge in [-0.25, -0.2) is 4.39 Å². The van der Waals surface area contributed by atoms with E-state index in [0.29, 0.717) is 11.7 Å². The molecule has 0 aliphatic carbocycles. The third kappa shape index (κ3) is 3.66. The Bertz CT molecular complexity index is 511. The highest BCUT2D eigenvalue weighted by Gasteiger charge is 2.27. The van der Waals surface area contributed by atoms with Gasteiger partial charge in [-0.15, -0.1) is 0 Å². The van der Waals surface area contributed by atoms with Crippen molar-refractivity contribution in [1.29, 1.82) is 0 Å². The Balaban J connectivity index is 2.13. The maximum absolute atomic E-state index is 13.7. The molecule has 1 atom stereocenters. The van der Waals surface area contributed by atoms with Gasteiger partial charge in [-0.2, -0.15) is 0 Å².